The molecule has 0 fully saturated rings. The van der Waals surface area contributed by atoms with Crippen molar-refractivity contribution in [1.29, 1.82) is 0 Å². The first-order chi connectivity index (χ1) is 7.79. The molecule has 0 aliphatic heterocycles. The molecule has 0 amide bonds. The average Bonchev–Trinajstić information content (AvgIpc) is 2.76. The fourth-order valence-electron chi connectivity index (χ4n) is 1.77. The number of hydrogen-bond donors (Lipinski definition) is 0. The standard InChI is InChI=1S/C13H21BrN2/c1-3-5-6-7-8-9-12(14)16-11-10-15-13(16)4-2/h4,10-12H,2-3,5-9H2,1H3. The average molecular weight is 285 g/mol. The first-order valence-corrected chi connectivity index (χ1v) is 7.00. The molecule has 2 nitrogen and oxygen atoms in total. The Bertz CT molecular complexity index is 307. The summed E-state index contributed by atoms with van der Waals surface area (Å²) in [4.78, 5) is 4.58. The second-order valence-corrected chi connectivity index (χ2v) is 5.09. The summed E-state index contributed by atoms with van der Waals surface area (Å²) in [6.07, 6.45) is 13.4. The topological polar surface area (TPSA) is 17.8 Å². The summed E-state index contributed by atoms with van der Waals surface area (Å²) >= 11 is 3.70. The van der Waals surface area contributed by atoms with Crippen molar-refractivity contribution in [3.63, 3.8) is 0 Å². The number of halogens is 1. The number of aromatic nitrogens is 2. The first kappa shape index (κ1) is 13.5. The summed E-state index contributed by atoms with van der Waals surface area (Å²) in [7, 11) is 0. The molecule has 1 atom stereocenters. The van der Waals surface area contributed by atoms with E-state index in [1.165, 1.54) is 32.1 Å². The van der Waals surface area contributed by atoms with Crippen LogP contribution in [0, 0.1) is 0 Å². The van der Waals surface area contributed by atoms with Gasteiger partial charge in [0.15, 0.2) is 0 Å². The predicted molar refractivity (Wildman–Crippen MR) is 73.7 cm³/mol. The van der Waals surface area contributed by atoms with Gasteiger partial charge in [0.05, 0.1) is 4.95 Å². The molecule has 0 N–H and O–H groups in total. The van der Waals surface area contributed by atoms with E-state index >= 15 is 0 Å². The van der Waals surface area contributed by atoms with Gasteiger partial charge in [-0.25, -0.2) is 4.98 Å². The number of unbranched alkanes of at least 4 members (excludes halogenated alkanes) is 4. The van der Waals surface area contributed by atoms with Gasteiger partial charge in [0.2, 0.25) is 0 Å². The second kappa shape index (κ2) is 7.66. The summed E-state index contributed by atoms with van der Waals surface area (Å²) in [5, 5.41) is 0. The molecule has 1 heterocycles. The number of hydrogen-bond acceptors (Lipinski definition) is 1. The maximum Gasteiger partial charge on any atom is 0.132 e. The molecule has 0 saturated carbocycles. The molecular formula is C13H21BrN2. The summed E-state index contributed by atoms with van der Waals surface area (Å²) in [5.41, 5.74) is 0. The molecule has 1 rings (SSSR count). The Kier molecular flexibility index (Phi) is 6.46. The lowest BCUT2D eigenvalue weighted by atomic mass is 10.1. The SMILES string of the molecule is C=Cc1nccn1C(Br)CCCCCCC. The molecule has 0 spiro atoms. The number of nitrogens with zero attached hydrogens (tertiary/aromatic N) is 2. The molecule has 1 aromatic rings. The van der Waals surface area contributed by atoms with Gasteiger partial charge in [-0.3, -0.25) is 0 Å². The first-order valence-electron chi connectivity index (χ1n) is 6.09. The van der Waals surface area contributed by atoms with Crippen molar-refractivity contribution in [1.82, 2.24) is 9.55 Å². The molecule has 3 heteroatoms. The maximum absolute atomic E-state index is 4.23. The van der Waals surface area contributed by atoms with Crippen LogP contribution in [0.15, 0.2) is 19.0 Å². The number of imidazole rings is 1. The fourth-order valence-corrected chi connectivity index (χ4v) is 2.45. The Morgan fingerprint density at radius 2 is 2.19 bits per heavy atom. The minimum Gasteiger partial charge on any atom is -0.318 e. The third-order valence-corrected chi connectivity index (χ3v) is 3.63. The van der Waals surface area contributed by atoms with Crippen molar-refractivity contribution in [2.24, 2.45) is 0 Å². The molecule has 0 saturated heterocycles. The summed E-state index contributed by atoms with van der Waals surface area (Å²) < 4.78 is 2.13. The van der Waals surface area contributed by atoms with Crippen LogP contribution in [0.25, 0.3) is 6.08 Å². The molecule has 1 aromatic heterocycles. The molecule has 0 radical (unpaired) electrons. The van der Waals surface area contributed by atoms with Crippen molar-refractivity contribution in [2.45, 2.75) is 50.4 Å². The van der Waals surface area contributed by atoms with Gasteiger partial charge in [-0.1, -0.05) is 61.5 Å². The molecular weight excluding hydrogens is 264 g/mol. The zero-order valence-electron chi connectivity index (χ0n) is 10.0. The molecule has 0 aliphatic rings. The quantitative estimate of drug-likeness (QED) is 0.496. The van der Waals surface area contributed by atoms with Gasteiger partial charge in [0, 0.05) is 12.4 Å². The highest BCUT2D eigenvalue weighted by atomic mass is 79.9. The maximum atomic E-state index is 4.23. The summed E-state index contributed by atoms with van der Waals surface area (Å²) in [6, 6.07) is 0. The van der Waals surface area contributed by atoms with E-state index in [1.807, 2.05) is 12.4 Å². The van der Waals surface area contributed by atoms with Crippen LogP contribution in [0.3, 0.4) is 0 Å². The molecule has 16 heavy (non-hydrogen) atoms. The summed E-state index contributed by atoms with van der Waals surface area (Å²) in [6.45, 7) is 6.01. The van der Waals surface area contributed by atoms with Gasteiger partial charge < -0.3 is 4.57 Å². The molecule has 1 unspecified atom stereocenters. The highest BCUT2D eigenvalue weighted by molar-refractivity contribution is 9.09. The molecule has 0 bridgehead atoms. The van der Waals surface area contributed by atoms with E-state index < -0.39 is 0 Å². The molecule has 90 valence electrons. The van der Waals surface area contributed by atoms with Gasteiger partial charge in [-0.05, 0) is 12.5 Å². The Morgan fingerprint density at radius 3 is 2.88 bits per heavy atom. The van der Waals surface area contributed by atoms with E-state index in [0.717, 1.165) is 12.2 Å². The van der Waals surface area contributed by atoms with Crippen molar-refractivity contribution >= 4 is 22.0 Å². The smallest absolute Gasteiger partial charge is 0.132 e. The summed E-state index contributed by atoms with van der Waals surface area (Å²) in [5.74, 6) is 0.940. The van der Waals surface area contributed by atoms with E-state index in [4.69, 9.17) is 0 Å². The fraction of sp³-hybridized carbons (Fsp3) is 0.615. The lowest BCUT2D eigenvalue weighted by Crippen LogP contribution is -2.03. The Morgan fingerprint density at radius 1 is 1.44 bits per heavy atom. The molecule has 0 aliphatic carbocycles. The lowest BCUT2D eigenvalue weighted by molar-refractivity contribution is 0.552. The highest BCUT2D eigenvalue weighted by Gasteiger charge is 2.08. The normalized spacial score (nSPS) is 12.6. The van der Waals surface area contributed by atoms with Crippen LogP contribution in [0.2, 0.25) is 0 Å². The zero-order chi connectivity index (χ0) is 11.8. The van der Waals surface area contributed by atoms with Crippen LogP contribution in [-0.4, -0.2) is 9.55 Å². The van der Waals surface area contributed by atoms with Gasteiger partial charge in [-0.2, -0.15) is 0 Å². The van der Waals surface area contributed by atoms with Gasteiger partial charge in [0.25, 0.3) is 0 Å². The minimum atomic E-state index is 0.352. The van der Waals surface area contributed by atoms with Crippen molar-refractivity contribution in [3.8, 4) is 0 Å². The van der Waals surface area contributed by atoms with Gasteiger partial charge in [0.1, 0.15) is 5.82 Å². The van der Waals surface area contributed by atoms with Gasteiger partial charge >= 0.3 is 0 Å². The van der Waals surface area contributed by atoms with Crippen molar-refractivity contribution in [2.75, 3.05) is 0 Å². The number of rotatable bonds is 8. The van der Waals surface area contributed by atoms with Crippen molar-refractivity contribution < 1.29 is 0 Å². The van der Waals surface area contributed by atoms with Crippen LogP contribution in [0.1, 0.15) is 56.2 Å². The third-order valence-electron chi connectivity index (χ3n) is 2.73. The van der Waals surface area contributed by atoms with E-state index in [-0.39, 0.29) is 0 Å². The number of alkyl halides is 1. The third kappa shape index (κ3) is 4.12. The van der Waals surface area contributed by atoms with Gasteiger partial charge in [-0.15, -0.1) is 0 Å². The Balaban J connectivity index is 2.29. The second-order valence-electron chi connectivity index (χ2n) is 4.03. The van der Waals surface area contributed by atoms with E-state index in [0.29, 0.717) is 4.95 Å². The van der Waals surface area contributed by atoms with Crippen molar-refractivity contribution in [3.05, 3.63) is 24.8 Å². The largest absolute Gasteiger partial charge is 0.318 e. The monoisotopic (exact) mass is 284 g/mol. The highest BCUT2D eigenvalue weighted by Crippen LogP contribution is 2.24. The zero-order valence-corrected chi connectivity index (χ0v) is 11.6. The van der Waals surface area contributed by atoms with Crippen LogP contribution in [0.5, 0.6) is 0 Å². The van der Waals surface area contributed by atoms with E-state index in [9.17, 15) is 0 Å². The predicted octanol–water partition coefficient (Wildman–Crippen LogP) is 4.78. The van der Waals surface area contributed by atoms with E-state index in [2.05, 4.69) is 39.0 Å². The van der Waals surface area contributed by atoms with E-state index in [1.54, 1.807) is 6.08 Å². The molecule has 0 aromatic carbocycles. The van der Waals surface area contributed by atoms with Crippen LogP contribution in [0.4, 0.5) is 0 Å². The van der Waals surface area contributed by atoms with Crippen LogP contribution < -0.4 is 0 Å². The minimum absolute atomic E-state index is 0.352. The Labute approximate surface area is 107 Å². The van der Waals surface area contributed by atoms with Crippen LogP contribution in [-0.2, 0) is 0 Å². The van der Waals surface area contributed by atoms with Crippen LogP contribution >= 0.6 is 15.9 Å². The lowest BCUT2D eigenvalue weighted by Gasteiger charge is -2.13. The Hall–Kier alpha value is -0.570.